The number of carbonyl (C=O) groups is 1. The molecule has 0 heterocycles. The van der Waals surface area contributed by atoms with Crippen LogP contribution in [-0.4, -0.2) is 5.78 Å². The predicted octanol–water partition coefficient (Wildman–Crippen LogP) is 4.43. The monoisotopic (exact) mass is 232 g/mol. The summed E-state index contributed by atoms with van der Waals surface area (Å²) in [6.45, 7) is 12.4. The summed E-state index contributed by atoms with van der Waals surface area (Å²) in [5.74, 6) is 0.278. The van der Waals surface area contributed by atoms with Crippen LogP contribution in [0.15, 0.2) is 30.3 Å². The number of Topliss-reactive ketones (excluding diaryl/α,β-unsaturated/α-hetero) is 1. The van der Waals surface area contributed by atoms with E-state index in [0.717, 1.165) is 5.56 Å². The minimum absolute atomic E-state index is 0.0382. The molecule has 17 heavy (non-hydrogen) atoms. The summed E-state index contributed by atoms with van der Waals surface area (Å²) in [7, 11) is 0. The van der Waals surface area contributed by atoms with Gasteiger partial charge in [0.2, 0.25) is 0 Å². The van der Waals surface area contributed by atoms with Crippen molar-refractivity contribution in [3.63, 3.8) is 0 Å². The first kappa shape index (κ1) is 14.0. The van der Waals surface area contributed by atoms with Gasteiger partial charge in [-0.3, -0.25) is 4.79 Å². The lowest BCUT2D eigenvalue weighted by Crippen LogP contribution is -2.34. The van der Waals surface area contributed by atoms with Gasteiger partial charge in [-0.2, -0.15) is 0 Å². The van der Waals surface area contributed by atoms with Crippen molar-refractivity contribution in [3.05, 3.63) is 35.9 Å². The van der Waals surface area contributed by atoms with Crippen LogP contribution in [0.2, 0.25) is 0 Å². The van der Waals surface area contributed by atoms with Crippen molar-refractivity contribution in [1.29, 1.82) is 0 Å². The van der Waals surface area contributed by atoms with Crippen molar-refractivity contribution in [2.45, 2.75) is 47.5 Å². The van der Waals surface area contributed by atoms with E-state index in [4.69, 9.17) is 0 Å². The Morgan fingerprint density at radius 1 is 0.941 bits per heavy atom. The van der Waals surface area contributed by atoms with Crippen LogP contribution in [0, 0.1) is 10.8 Å². The summed E-state index contributed by atoms with van der Waals surface area (Å²) in [5.41, 5.74) is 0.777. The van der Waals surface area contributed by atoms with Gasteiger partial charge in [-0.1, -0.05) is 71.9 Å². The Balaban J connectivity index is 3.20. The largest absolute Gasteiger partial charge is 0.298 e. The molecule has 0 aromatic heterocycles. The standard InChI is InChI=1S/C16H24O/c1-15(2,3)13(14(17)16(4,5)6)12-10-8-7-9-11-12/h7-11,13H,1-6H3/t13-/m1/s1. The van der Waals surface area contributed by atoms with Crippen LogP contribution in [0.25, 0.3) is 0 Å². The fraction of sp³-hybridized carbons (Fsp3) is 0.562. The zero-order valence-electron chi connectivity index (χ0n) is 11.9. The summed E-state index contributed by atoms with van der Waals surface area (Å²) in [4.78, 5) is 12.6. The number of benzene rings is 1. The van der Waals surface area contributed by atoms with E-state index >= 15 is 0 Å². The Hall–Kier alpha value is -1.11. The van der Waals surface area contributed by atoms with E-state index < -0.39 is 0 Å². The average molecular weight is 232 g/mol. The third kappa shape index (κ3) is 3.42. The van der Waals surface area contributed by atoms with Crippen molar-refractivity contribution in [2.24, 2.45) is 10.8 Å². The van der Waals surface area contributed by atoms with Gasteiger partial charge in [0.05, 0.1) is 0 Å². The Morgan fingerprint density at radius 2 is 1.41 bits per heavy atom. The lowest BCUT2D eigenvalue weighted by molar-refractivity contribution is -0.130. The Morgan fingerprint density at radius 3 is 1.76 bits per heavy atom. The molecule has 0 fully saturated rings. The maximum absolute atomic E-state index is 12.6. The number of rotatable bonds is 2. The van der Waals surface area contributed by atoms with Crippen molar-refractivity contribution in [1.82, 2.24) is 0 Å². The number of carbonyl (C=O) groups excluding carboxylic acids is 1. The lowest BCUT2D eigenvalue weighted by Gasteiger charge is -2.34. The highest BCUT2D eigenvalue weighted by Crippen LogP contribution is 2.40. The van der Waals surface area contributed by atoms with Gasteiger partial charge in [0, 0.05) is 11.3 Å². The van der Waals surface area contributed by atoms with Crippen LogP contribution in [0.1, 0.15) is 53.0 Å². The molecular weight excluding hydrogens is 208 g/mol. The van der Waals surface area contributed by atoms with Crippen LogP contribution in [0.4, 0.5) is 0 Å². The molecule has 1 atom stereocenters. The van der Waals surface area contributed by atoms with E-state index in [9.17, 15) is 4.79 Å². The second kappa shape index (κ2) is 4.64. The molecule has 0 aliphatic heterocycles. The molecule has 0 bridgehead atoms. The zero-order valence-corrected chi connectivity index (χ0v) is 11.9. The normalized spacial score (nSPS) is 14.5. The van der Waals surface area contributed by atoms with E-state index in [1.165, 1.54) is 0 Å². The van der Waals surface area contributed by atoms with E-state index in [0.29, 0.717) is 5.78 Å². The molecule has 0 N–H and O–H groups in total. The maximum atomic E-state index is 12.6. The third-order valence-corrected chi connectivity index (χ3v) is 3.00. The molecule has 1 nitrogen and oxygen atoms in total. The van der Waals surface area contributed by atoms with Crippen molar-refractivity contribution in [2.75, 3.05) is 0 Å². The highest BCUT2D eigenvalue weighted by molar-refractivity contribution is 5.90. The van der Waals surface area contributed by atoms with Gasteiger partial charge >= 0.3 is 0 Å². The number of hydrogen-bond acceptors (Lipinski definition) is 1. The number of ketones is 1. The van der Waals surface area contributed by atoms with E-state index in [-0.39, 0.29) is 16.7 Å². The van der Waals surface area contributed by atoms with Gasteiger partial charge in [-0.25, -0.2) is 0 Å². The van der Waals surface area contributed by atoms with Gasteiger partial charge in [0.15, 0.2) is 0 Å². The molecule has 1 aromatic carbocycles. The first-order valence-electron chi connectivity index (χ1n) is 6.23. The molecule has 0 aliphatic carbocycles. The minimum Gasteiger partial charge on any atom is -0.298 e. The highest BCUT2D eigenvalue weighted by Gasteiger charge is 2.38. The summed E-state index contributed by atoms with van der Waals surface area (Å²) in [6.07, 6.45) is 0. The molecule has 94 valence electrons. The second-order valence-corrected chi connectivity index (χ2v) is 6.82. The SMILES string of the molecule is CC(C)(C)C(=O)[C@@H](c1ccccc1)C(C)(C)C. The van der Waals surface area contributed by atoms with Crippen molar-refractivity contribution in [3.8, 4) is 0 Å². The van der Waals surface area contributed by atoms with Crippen LogP contribution in [-0.2, 0) is 4.79 Å². The van der Waals surface area contributed by atoms with Crippen molar-refractivity contribution >= 4 is 5.78 Å². The highest BCUT2D eigenvalue weighted by atomic mass is 16.1. The molecule has 0 amide bonds. The van der Waals surface area contributed by atoms with Gasteiger partial charge in [0.25, 0.3) is 0 Å². The minimum atomic E-state index is -0.298. The summed E-state index contributed by atoms with van der Waals surface area (Å²) < 4.78 is 0. The van der Waals surface area contributed by atoms with E-state index in [2.05, 4.69) is 32.9 Å². The molecule has 1 aromatic rings. The van der Waals surface area contributed by atoms with E-state index in [1.807, 2.05) is 39.0 Å². The molecule has 0 unspecified atom stereocenters. The van der Waals surface area contributed by atoms with E-state index in [1.54, 1.807) is 0 Å². The topological polar surface area (TPSA) is 17.1 Å². The summed E-state index contributed by atoms with van der Waals surface area (Å²) in [5, 5.41) is 0. The Kier molecular flexibility index (Phi) is 3.81. The third-order valence-electron chi connectivity index (χ3n) is 3.00. The number of hydrogen-bond donors (Lipinski definition) is 0. The quantitative estimate of drug-likeness (QED) is 0.737. The van der Waals surface area contributed by atoms with Crippen LogP contribution in [0.5, 0.6) is 0 Å². The van der Waals surface area contributed by atoms with Crippen LogP contribution < -0.4 is 0 Å². The molecule has 0 saturated heterocycles. The van der Waals surface area contributed by atoms with Gasteiger partial charge < -0.3 is 0 Å². The summed E-state index contributed by atoms with van der Waals surface area (Å²) >= 11 is 0. The fourth-order valence-corrected chi connectivity index (χ4v) is 2.12. The summed E-state index contributed by atoms with van der Waals surface area (Å²) in [6, 6.07) is 10.1. The molecule has 0 saturated carbocycles. The van der Waals surface area contributed by atoms with Gasteiger partial charge in [-0.15, -0.1) is 0 Å². The molecule has 0 radical (unpaired) electrons. The Bertz CT molecular complexity index is 376. The molecule has 0 spiro atoms. The van der Waals surface area contributed by atoms with Crippen molar-refractivity contribution < 1.29 is 4.79 Å². The molecule has 1 heteroatoms. The Labute approximate surface area is 105 Å². The molecular formula is C16H24O. The van der Waals surface area contributed by atoms with Crippen LogP contribution >= 0.6 is 0 Å². The zero-order chi connectivity index (χ0) is 13.3. The van der Waals surface area contributed by atoms with Gasteiger partial charge in [0.1, 0.15) is 5.78 Å². The van der Waals surface area contributed by atoms with Gasteiger partial charge in [-0.05, 0) is 11.0 Å². The molecule has 1 rings (SSSR count). The lowest BCUT2D eigenvalue weighted by atomic mass is 9.68. The predicted molar refractivity (Wildman–Crippen MR) is 73.1 cm³/mol. The first-order chi connectivity index (χ1) is 7.64. The average Bonchev–Trinajstić information content (AvgIpc) is 2.15. The first-order valence-corrected chi connectivity index (χ1v) is 6.23. The smallest absolute Gasteiger partial charge is 0.146 e. The maximum Gasteiger partial charge on any atom is 0.146 e. The second-order valence-electron chi connectivity index (χ2n) is 6.82. The molecule has 0 aliphatic rings. The fourth-order valence-electron chi connectivity index (χ4n) is 2.12. The van der Waals surface area contributed by atoms with Crippen LogP contribution in [0.3, 0.4) is 0 Å².